The van der Waals surface area contributed by atoms with Gasteiger partial charge in [-0.3, -0.25) is 0 Å². The second-order valence-corrected chi connectivity index (χ2v) is 3.73. The van der Waals surface area contributed by atoms with Crippen molar-refractivity contribution >= 4 is 5.97 Å². The van der Waals surface area contributed by atoms with Gasteiger partial charge in [0.2, 0.25) is 0 Å². The molecular weight excluding hydrogens is 172 g/mol. The third kappa shape index (κ3) is 1.69. The lowest BCUT2D eigenvalue weighted by Gasteiger charge is -2.31. The molecule has 13 heavy (non-hydrogen) atoms. The third-order valence-corrected chi connectivity index (χ3v) is 2.75. The van der Waals surface area contributed by atoms with E-state index in [0.29, 0.717) is 0 Å². The van der Waals surface area contributed by atoms with E-state index >= 15 is 0 Å². The summed E-state index contributed by atoms with van der Waals surface area (Å²) in [4.78, 5) is 10.6. The Bertz CT molecular complexity index is 208. The van der Waals surface area contributed by atoms with Gasteiger partial charge in [0.05, 0.1) is 6.61 Å². The summed E-state index contributed by atoms with van der Waals surface area (Å²) in [5.41, 5.74) is 0. The fourth-order valence-electron chi connectivity index (χ4n) is 2.03. The Kier molecular flexibility index (Phi) is 2.26. The normalized spacial score (nSPS) is 32.2. The maximum Gasteiger partial charge on any atom is 0.335 e. The number of carbonyl (C=O) groups is 1. The van der Waals surface area contributed by atoms with Crippen molar-refractivity contribution in [1.82, 2.24) is 0 Å². The zero-order valence-corrected chi connectivity index (χ0v) is 7.49. The summed E-state index contributed by atoms with van der Waals surface area (Å²) in [6.07, 6.45) is 4.29. The first-order valence-corrected chi connectivity index (χ1v) is 4.76. The van der Waals surface area contributed by atoms with E-state index in [9.17, 15) is 4.79 Å². The zero-order chi connectivity index (χ0) is 9.31. The van der Waals surface area contributed by atoms with Crippen LogP contribution < -0.4 is 0 Å². The molecule has 0 unspecified atom stereocenters. The summed E-state index contributed by atoms with van der Waals surface area (Å²) in [6.45, 7) is 0.204. The number of carboxylic acids is 1. The second-order valence-electron chi connectivity index (χ2n) is 3.73. The molecule has 1 aliphatic heterocycles. The monoisotopic (exact) mass is 186 g/mol. The molecule has 0 amide bonds. The molecule has 1 spiro atoms. The molecule has 1 aliphatic carbocycles. The second kappa shape index (κ2) is 3.27. The highest BCUT2D eigenvalue weighted by atomic mass is 16.8. The van der Waals surface area contributed by atoms with E-state index in [1.165, 1.54) is 6.42 Å². The van der Waals surface area contributed by atoms with Gasteiger partial charge in [-0.2, -0.15) is 0 Å². The SMILES string of the molecule is O=C(O)[C@H]1COC2(CCCCC2)O1. The van der Waals surface area contributed by atoms with Gasteiger partial charge in [-0.1, -0.05) is 6.42 Å². The van der Waals surface area contributed by atoms with Crippen LogP contribution in [0.25, 0.3) is 0 Å². The minimum Gasteiger partial charge on any atom is -0.479 e. The Morgan fingerprint density at radius 1 is 1.31 bits per heavy atom. The maximum atomic E-state index is 10.6. The molecule has 0 aromatic heterocycles. The Morgan fingerprint density at radius 2 is 2.00 bits per heavy atom. The molecule has 1 N–H and O–H groups in total. The lowest BCUT2D eigenvalue weighted by atomic mass is 9.94. The predicted octanol–water partition coefficient (Wildman–Crippen LogP) is 1.15. The molecule has 2 rings (SSSR count). The lowest BCUT2D eigenvalue weighted by molar-refractivity contribution is -0.194. The summed E-state index contributed by atoms with van der Waals surface area (Å²) < 4.78 is 10.9. The minimum absolute atomic E-state index is 0.204. The molecule has 1 saturated heterocycles. The fraction of sp³-hybridized carbons (Fsp3) is 0.889. The lowest BCUT2D eigenvalue weighted by Crippen LogP contribution is -2.34. The van der Waals surface area contributed by atoms with Gasteiger partial charge in [0.1, 0.15) is 0 Å². The zero-order valence-electron chi connectivity index (χ0n) is 7.49. The highest BCUT2D eigenvalue weighted by Gasteiger charge is 2.44. The van der Waals surface area contributed by atoms with Crippen molar-refractivity contribution in [2.45, 2.75) is 44.0 Å². The standard InChI is InChI=1S/C9H14O4/c10-8(11)7-6-12-9(13-7)4-2-1-3-5-9/h7H,1-6H2,(H,10,11)/t7-/m1/s1. The molecular formula is C9H14O4. The highest BCUT2D eigenvalue weighted by Crippen LogP contribution is 2.37. The summed E-state index contributed by atoms with van der Waals surface area (Å²) in [7, 11) is 0. The smallest absolute Gasteiger partial charge is 0.335 e. The van der Waals surface area contributed by atoms with E-state index in [2.05, 4.69) is 0 Å². The fourth-order valence-corrected chi connectivity index (χ4v) is 2.03. The van der Waals surface area contributed by atoms with E-state index in [-0.39, 0.29) is 6.61 Å². The third-order valence-electron chi connectivity index (χ3n) is 2.75. The van der Waals surface area contributed by atoms with Gasteiger partial charge in [0, 0.05) is 12.8 Å². The van der Waals surface area contributed by atoms with Gasteiger partial charge < -0.3 is 14.6 Å². The average molecular weight is 186 g/mol. The highest BCUT2D eigenvalue weighted by molar-refractivity contribution is 5.72. The summed E-state index contributed by atoms with van der Waals surface area (Å²) in [5, 5.41) is 8.72. The Balaban J connectivity index is 1.98. The van der Waals surface area contributed by atoms with Gasteiger partial charge in [-0.15, -0.1) is 0 Å². The van der Waals surface area contributed by atoms with Crippen molar-refractivity contribution < 1.29 is 19.4 Å². The summed E-state index contributed by atoms with van der Waals surface area (Å²) >= 11 is 0. The minimum atomic E-state index is -0.914. The van der Waals surface area contributed by atoms with Crippen molar-refractivity contribution in [3.63, 3.8) is 0 Å². The molecule has 0 aromatic rings. The first kappa shape index (κ1) is 8.97. The molecule has 4 nitrogen and oxygen atoms in total. The van der Waals surface area contributed by atoms with Crippen LogP contribution in [-0.2, 0) is 14.3 Å². The van der Waals surface area contributed by atoms with Crippen molar-refractivity contribution in [2.24, 2.45) is 0 Å². The van der Waals surface area contributed by atoms with Crippen LogP contribution in [-0.4, -0.2) is 29.6 Å². The van der Waals surface area contributed by atoms with Gasteiger partial charge in [-0.25, -0.2) is 4.79 Å². The number of rotatable bonds is 1. The first-order chi connectivity index (χ1) is 6.22. The van der Waals surface area contributed by atoms with Crippen LogP contribution in [0.2, 0.25) is 0 Å². The van der Waals surface area contributed by atoms with Gasteiger partial charge in [0.25, 0.3) is 0 Å². The molecule has 2 fully saturated rings. The molecule has 0 bridgehead atoms. The van der Waals surface area contributed by atoms with Gasteiger partial charge in [0.15, 0.2) is 11.9 Å². The van der Waals surface area contributed by atoms with Crippen LogP contribution in [0, 0.1) is 0 Å². The number of carboxylic acid groups (broad SMARTS) is 1. The maximum absolute atomic E-state index is 10.6. The number of aliphatic carboxylic acids is 1. The molecule has 74 valence electrons. The molecule has 1 atom stereocenters. The Morgan fingerprint density at radius 3 is 2.54 bits per heavy atom. The average Bonchev–Trinajstić information content (AvgIpc) is 2.51. The molecule has 0 radical (unpaired) electrons. The molecule has 4 heteroatoms. The van der Waals surface area contributed by atoms with Crippen molar-refractivity contribution in [3.05, 3.63) is 0 Å². The van der Waals surface area contributed by atoms with Crippen LogP contribution in [0.1, 0.15) is 32.1 Å². The van der Waals surface area contributed by atoms with Gasteiger partial charge in [-0.05, 0) is 12.8 Å². The van der Waals surface area contributed by atoms with Crippen LogP contribution in [0.3, 0.4) is 0 Å². The topological polar surface area (TPSA) is 55.8 Å². The number of hydrogen-bond donors (Lipinski definition) is 1. The van der Waals surface area contributed by atoms with E-state index in [1.807, 2.05) is 0 Å². The van der Waals surface area contributed by atoms with Crippen molar-refractivity contribution in [2.75, 3.05) is 6.61 Å². The molecule has 1 saturated carbocycles. The van der Waals surface area contributed by atoms with Crippen LogP contribution in [0.5, 0.6) is 0 Å². The van der Waals surface area contributed by atoms with Gasteiger partial charge >= 0.3 is 5.97 Å². The molecule has 2 aliphatic rings. The van der Waals surface area contributed by atoms with E-state index in [0.717, 1.165) is 25.7 Å². The number of ether oxygens (including phenoxy) is 2. The molecule has 0 aromatic carbocycles. The van der Waals surface area contributed by atoms with E-state index in [1.54, 1.807) is 0 Å². The Labute approximate surface area is 76.8 Å². The predicted molar refractivity (Wildman–Crippen MR) is 44.3 cm³/mol. The summed E-state index contributed by atoms with van der Waals surface area (Å²) in [6, 6.07) is 0. The van der Waals surface area contributed by atoms with Crippen LogP contribution in [0.15, 0.2) is 0 Å². The summed E-state index contributed by atoms with van der Waals surface area (Å²) in [5.74, 6) is -1.47. The Hall–Kier alpha value is -0.610. The van der Waals surface area contributed by atoms with E-state index in [4.69, 9.17) is 14.6 Å². The largest absolute Gasteiger partial charge is 0.479 e. The molecule has 1 heterocycles. The van der Waals surface area contributed by atoms with Crippen LogP contribution in [0.4, 0.5) is 0 Å². The van der Waals surface area contributed by atoms with E-state index < -0.39 is 17.9 Å². The van der Waals surface area contributed by atoms with Crippen molar-refractivity contribution in [1.29, 1.82) is 0 Å². The van der Waals surface area contributed by atoms with Crippen molar-refractivity contribution in [3.8, 4) is 0 Å². The first-order valence-electron chi connectivity index (χ1n) is 4.76. The quantitative estimate of drug-likeness (QED) is 0.667. The number of hydrogen-bond acceptors (Lipinski definition) is 3. The van der Waals surface area contributed by atoms with Crippen LogP contribution >= 0.6 is 0 Å².